The van der Waals surface area contributed by atoms with E-state index < -0.39 is 23.8 Å². The molecule has 0 aliphatic rings. The summed E-state index contributed by atoms with van der Waals surface area (Å²) in [7, 11) is 3.01. The minimum absolute atomic E-state index is 0.119. The molecular weight excluding hydrogens is 349 g/mol. The van der Waals surface area contributed by atoms with Gasteiger partial charge in [0.15, 0.2) is 0 Å². The van der Waals surface area contributed by atoms with E-state index in [0.717, 1.165) is 17.8 Å². The molecule has 0 unspecified atom stereocenters. The van der Waals surface area contributed by atoms with Gasteiger partial charge in [-0.2, -0.15) is 13.2 Å². The summed E-state index contributed by atoms with van der Waals surface area (Å²) in [6.07, 6.45) is -4.40. The van der Waals surface area contributed by atoms with Crippen LogP contribution in [0.4, 0.5) is 34.1 Å². The first kappa shape index (κ1) is 20.8. The number of carbonyl (C=O) groups is 2. The third-order valence-corrected chi connectivity index (χ3v) is 2.89. The van der Waals surface area contributed by atoms with Crippen molar-refractivity contribution in [1.82, 2.24) is 4.90 Å². The lowest BCUT2D eigenvalue weighted by atomic mass is 10.2. The van der Waals surface area contributed by atoms with E-state index in [1.807, 2.05) is 18.2 Å². The topological polar surface area (TPSA) is 87.5 Å². The lowest BCUT2D eigenvalue weighted by molar-refractivity contribution is -0.137. The number of urea groups is 2. The third kappa shape index (κ3) is 7.56. The van der Waals surface area contributed by atoms with E-state index in [-0.39, 0.29) is 5.69 Å². The van der Waals surface area contributed by atoms with Crippen molar-refractivity contribution in [3.05, 3.63) is 60.2 Å². The molecule has 4 N–H and O–H groups in total. The van der Waals surface area contributed by atoms with E-state index >= 15 is 0 Å². The highest BCUT2D eigenvalue weighted by molar-refractivity contribution is 5.89. The van der Waals surface area contributed by atoms with Crippen LogP contribution in [0.5, 0.6) is 0 Å². The van der Waals surface area contributed by atoms with Crippen molar-refractivity contribution in [3.63, 3.8) is 0 Å². The quantitative estimate of drug-likeness (QED) is 0.749. The van der Waals surface area contributed by atoms with Gasteiger partial charge in [-0.05, 0) is 30.3 Å². The van der Waals surface area contributed by atoms with Gasteiger partial charge in [-0.3, -0.25) is 0 Å². The molecule has 140 valence electrons. The number of alkyl halides is 3. The van der Waals surface area contributed by atoms with Gasteiger partial charge in [-0.15, -0.1) is 0 Å². The lowest BCUT2D eigenvalue weighted by Crippen LogP contribution is -2.27. The van der Waals surface area contributed by atoms with E-state index in [2.05, 4.69) is 10.6 Å². The molecule has 0 atom stereocenters. The minimum atomic E-state index is -4.40. The molecule has 6 nitrogen and oxygen atoms in total. The standard InChI is InChI=1S/C10H11F3N2O.C7H8N2O/c1-15(2)9(16)14-8-5-3-4-7(6-8)10(11,12)13;8-7(10)9-6-4-2-1-3-5-6/h3-6H,1-2H3,(H,14,16);1-5H,(H3,8,9,10). The third-order valence-electron chi connectivity index (χ3n) is 2.89. The number of halogens is 3. The van der Waals surface area contributed by atoms with Crippen molar-refractivity contribution >= 4 is 23.4 Å². The number of para-hydroxylation sites is 1. The zero-order valence-electron chi connectivity index (χ0n) is 14.2. The number of hydrogen-bond donors (Lipinski definition) is 3. The van der Waals surface area contributed by atoms with Crippen LogP contribution in [-0.4, -0.2) is 31.1 Å². The highest BCUT2D eigenvalue weighted by Crippen LogP contribution is 2.30. The smallest absolute Gasteiger partial charge is 0.351 e. The monoisotopic (exact) mass is 368 g/mol. The van der Waals surface area contributed by atoms with Crippen LogP contribution in [0.3, 0.4) is 0 Å². The van der Waals surface area contributed by atoms with Crippen LogP contribution in [0.25, 0.3) is 0 Å². The number of nitrogens with one attached hydrogen (secondary N) is 2. The molecule has 0 fully saturated rings. The Bertz CT molecular complexity index is 734. The molecule has 2 rings (SSSR count). The number of nitrogens with zero attached hydrogens (tertiary/aromatic N) is 1. The highest BCUT2D eigenvalue weighted by atomic mass is 19.4. The van der Waals surface area contributed by atoms with Gasteiger partial charge in [0.25, 0.3) is 0 Å². The van der Waals surface area contributed by atoms with E-state index in [4.69, 9.17) is 5.73 Å². The van der Waals surface area contributed by atoms with Crippen molar-refractivity contribution in [3.8, 4) is 0 Å². The van der Waals surface area contributed by atoms with Crippen molar-refractivity contribution in [2.75, 3.05) is 24.7 Å². The first-order valence-corrected chi connectivity index (χ1v) is 7.36. The molecule has 0 aliphatic heterocycles. The van der Waals surface area contributed by atoms with Crippen molar-refractivity contribution in [2.24, 2.45) is 5.73 Å². The molecule has 0 bridgehead atoms. The van der Waals surface area contributed by atoms with Crippen LogP contribution in [-0.2, 0) is 6.18 Å². The Morgan fingerprint density at radius 3 is 2.00 bits per heavy atom. The largest absolute Gasteiger partial charge is 0.416 e. The van der Waals surface area contributed by atoms with Gasteiger partial charge >= 0.3 is 18.2 Å². The van der Waals surface area contributed by atoms with E-state index in [1.165, 1.54) is 31.1 Å². The number of hydrogen-bond acceptors (Lipinski definition) is 2. The predicted octanol–water partition coefficient (Wildman–Crippen LogP) is 3.98. The summed E-state index contributed by atoms with van der Waals surface area (Å²) in [6.45, 7) is 0. The maximum absolute atomic E-state index is 12.3. The average molecular weight is 368 g/mol. The summed E-state index contributed by atoms with van der Waals surface area (Å²) < 4.78 is 37.0. The molecule has 0 saturated heterocycles. The van der Waals surface area contributed by atoms with Crippen molar-refractivity contribution < 1.29 is 22.8 Å². The minimum Gasteiger partial charge on any atom is -0.351 e. The summed E-state index contributed by atoms with van der Waals surface area (Å²) in [5, 5.41) is 4.78. The maximum atomic E-state index is 12.3. The number of benzene rings is 2. The molecule has 26 heavy (non-hydrogen) atoms. The summed E-state index contributed by atoms with van der Waals surface area (Å²) >= 11 is 0. The van der Waals surface area contributed by atoms with Gasteiger partial charge in [0.05, 0.1) is 5.56 Å². The molecule has 0 aliphatic carbocycles. The van der Waals surface area contributed by atoms with Gasteiger partial charge in [0, 0.05) is 25.5 Å². The fraction of sp³-hybridized carbons (Fsp3) is 0.176. The Morgan fingerprint density at radius 2 is 1.50 bits per heavy atom. The number of nitrogens with two attached hydrogens (primary N) is 1. The first-order valence-electron chi connectivity index (χ1n) is 7.36. The molecule has 2 aromatic rings. The fourth-order valence-corrected chi connectivity index (χ4v) is 1.67. The van der Waals surface area contributed by atoms with Crippen LogP contribution in [0, 0.1) is 0 Å². The molecular formula is C17H19F3N4O2. The summed E-state index contributed by atoms with van der Waals surface area (Å²) in [6, 6.07) is 12.5. The Kier molecular flexibility index (Phi) is 7.45. The Labute approximate surface area is 148 Å². The molecule has 4 amide bonds. The van der Waals surface area contributed by atoms with Gasteiger partial charge < -0.3 is 21.3 Å². The lowest BCUT2D eigenvalue weighted by Gasteiger charge is -2.13. The number of carbonyl (C=O) groups excluding carboxylic acids is 2. The van der Waals surface area contributed by atoms with Crippen LogP contribution < -0.4 is 16.4 Å². The Hall–Kier alpha value is -3.23. The van der Waals surface area contributed by atoms with Gasteiger partial charge in [0.2, 0.25) is 0 Å². The fourth-order valence-electron chi connectivity index (χ4n) is 1.67. The van der Waals surface area contributed by atoms with Crippen LogP contribution >= 0.6 is 0 Å². The summed E-state index contributed by atoms with van der Waals surface area (Å²) in [5.74, 6) is 0. The normalized spacial score (nSPS) is 10.2. The SMILES string of the molecule is CN(C)C(=O)Nc1cccc(C(F)(F)F)c1.NC(=O)Nc1ccccc1. The molecule has 0 saturated carbocycles. The second-order valence-corrected chi connectivity index (χ2v) is 5.26. The van der Waals surface area contributed by atoms with Crippen LogP contribution in [0.2, 0.25) is 0 Å². The molecule has 0 radical (unpaired) electrons. The molecule has 2 aromatic carbocycles. The second-order valence-electron chi connectivity index (χ2n) is 5.26. The molecule has 0 aromatic heterocycles. The van der Waals surface area contributed by atoms with Crippen LogP contribution in [0.1, 0.15) is 5.56 Å². The van der Waals surface area contributed by atoms with Gasteiger partial charge in [-0.25, -0.2) is 9.59 Å². The van der Waals surface area contributed by atoms with E-state index in [9.17, 15) is 22.8 Å². The maximum Gasteiger partial charge on any atom is 0.416 e. The van der Waals surface area contributed by atoms with E-state index in [1.54, 1.807) is 12.1 Å². The second kappa shape index (κ2) is 9.30. The molecule has 9 heteroatoms. The zero-order chi connectivity index (χ0) is 19.7. The zero-order valence-corrected chi connectivity index (χ0v) is 14.2. The number of rotatable bonds is 2. The average Bonchev–Trinajstić information content (AvgIpc) is 2.55. The number of primary amides is 1. The van der Waals surface area contributed by atoms with Crippen molar-refractivity contribution in [1.29, 1.82) is 0 Å². The number of anilines is 2. The van der Waals surface area contributed by atoms with Crippen LogP contribution in [0.15, 0.2) is 54.6 Å². The van der Waals surface area contributed by atoms with E-state index in [0.29, 0.717) is 0 Å². The molecule has 0 heterocycles. The molecule has 0 spiro atoms. The first-order chi connectivity index (χ1) is 12.1. The summed E-state index contributed by atoms with van der Waals surface area (Å²) in [5.41, 5.74) is 4.92. The van der Waals surface area contributed by atoms with Crippen molar-refractivity contribution in [2.45, 2.75) is 6.18 Å². The van der Waals surface area contributed by atoms with Gasteiger partial charge in [-0.1, -0.05) is 24.3 Å². The number of amides is 4. The van der Waals surface area contributed by atoms with Gasteiger partial charge in [0.1, 0.15) is 0 Å². The Balaban J connectivity index is 0.000000289. The predicted molar refractivity (Wildman–Crippen MR) is 93.8 cm³/mol. The summed E-state index contributed by atoms with van der Waals surface area (Å²) in [4.78, 5) is 22.7. The highest BCUT2D eigenvalue weighted by Gasteiger charge is 2.30. The Morgan fingerprint density at radius 1 is 0.923 bits per heavy atom.